The molecule has 7 nitrogen and oxygen atoms in total. The Morgan fingerprint density at radius 3 is 2.04 bits per heavy atom. The molecule has 10 heteroatoms. The molecule has 0 N–H and O–H groups in total. The van der Waals surface area contributed by atoms with Crippen LogP contribution in [0.3, 0.4) is 0 Å². The molecule has 0 aliphatic rings. The SMILES string of the molecule is CCCc1ccc(Oc2c(C(F)(F)F)oc3c(CN(CC(C)C)CC(C)C)c(OC(=O)c4ccc(OC)cc4)ccc3c2=O)cc1. The number of fused-ring (bicyclic) bond motifs is 1. The average molecular weight is 640 g/mol. The van der Waals surface area contributed by atoms with Crippen LogP contribution in [-0.4, -0.2) is 31.1 Å². The second kappa shape index (κ2) is 14.9. The summed E-state index contributed by atoms with van der Waals surface area (Å²) in [7, 11) is 1.50. The highest BCUT2D eigenvalue weighted by atomic mass is 19.4. The molecule has 0 amide bonds. The van der Waals surface area contributed by atoms with Gasteiger partial charge in [-0.15, -0.1) is 0 Å². The molecule has 0 radical (unpaired) electrons. The third-order valence-electron chi connectivity index (χ3n) is 7.17. The van der Waals surface area contributed by atoms with Crippen molar-refractivity contribution in [1.29, 1.82) is 0 Å². The van der Waals surface area contributed by atoms with Gasteiger partial charge in [-0.05, 0) is 72.4 Å². The van der Waals surface area contributed by atoms with Crippen molar-refractivity contribution < 1.29 is 36.6 Å². The molecule has 0 saturated carbocycles. The van der Waals surface area contributed by atoms with Gasteiger partial charge in [0.2, 0.25) is 11.2 Å². The Morgan fingerprint density at radius 1 is 0.891 bits per heavy atom. The molecule has 0 unspecified atom stereocenters. The monoisotopic (exact) mass is 639 g/mol. The van der Waals surface area contributed by atoms with E-state index in [9.17, 15) is 22.8 Å². The minimum absolute atomic E-state index is 0.0118. The largest absolute Gasteiger partial charge is 0.497 e. The summed E-state index contributed by atoms with van der Waals surface area (Å²) in [5, 5.41) is -0.126. The van der Waals surface area contributed by atoms with Gasteiger partial charge in [-0.2, -0.15) is 13.2 Å². The molecule has 246 valence electrons. The summed E-state index contributed by atoms with van der Waals surface area (Å²) < 4.78 is 65.7. The smallest absolute Gasteiger partial charge is 0.453 e. The van der Waals surface area contributed by atoms with Crippen LogP contribution in [-0.2, 0) is 19.1 Å². The van der Waals surface area contributed by atoms with Gasteiger partial charge in [-0.3, -0.25) is 9.69 Å². The zero-order valence-corrected chi connectivity index (χ0v) is 27.0. The first kappa shape index (κ1) is 34.6. The summed E-state index contributed by atoms with van der Waals surface area (Å²) in [6, 6.07) is 15.5. The third kappa shape index (κ3) is 8.48. The van der Waals surface area contributed by atoms with E-state index in [1.54, 1.807) is 24.3 Å². The highest BCUT2D eigenvalue weighted by Crippen LogP contribution is 2.40. The van der Waals surface area contributed by atoms with E-state index < -0.39 is 29.1 Å². The van der Waals surface area contributed by atoms with Crippen molar-refractivity contribution in [3.05, 3.63) is 93.3 Å². The normalized spacial score (nSPS) is 11.9. The molecule has 1 heterocycles. The van der Waals surface area contributed by atoms with Crippen LogP contribution in [0, 0.1) is 11.8 Å². The van der Waals surface area contributed by atoms with E-state index in [2.05, 4.69) is 0 Å². The lowest BCUT2D eigenvalue weighted by Crippen LogP contribution is -2.31. The maximum Gasteiger partial charge on any atom is 0.453 e. The van der Waals surface area contributed by atoms with Gasteiger partial charge in [0.1, 0.15) is 22.8 Å². The maximum absolute atomic E-state index is 14.5. The van der Waals surface area contributed by atoms with Crippen LogP contribution in [0.4, 0.5) is 13.2 Å². The predicted molar refractivity (Wildman–Crippen MR) is 171 cm³/mol. The number of carbonyl (C=O) groups excluding carboxylic acids is 1. The van der Waals surface area contributed by atoms with E-state index in [1.807, 2.05) is 39.5 Å². The van der Waals surface area contributed by atoms with Crippen LogP contribution in [0.25, 0.3) is 11.0 Å². The van der Waals surface area contributed by atoms with Gasteiger partial charge in [0.15, 0.2) is 0 Å². The Labute approximate surface area is 266 Å². The lowest BCUT2D eigenvalue weighted by Gasteiger charge is -2.27. The number of halogens is 3. The van der Waals surface area contributed by atoms with E-state index in [0.717, 1.165) is 18.4 Å². The van der Waals surface area contributed by atoms with Gasteiger partial charge in [-0.25, -0.2) is 4.79 Å². The molecular weight excluding hydrogens is 599 g/mol. The van der Waals surface area contributed by atoms with Gasteiger partial charge < -0.3 is 18.6 Å². The van der Waals surface area contributed by atoms with Crippen molar-refractivity contribution in [1.82, 2.24) is 4.90 Å². The van der Waals surface area contributed by atoms with Gasteiger partial charge in [0, 0.05) is 19.6 Å². The first-order valence-electron chi connectivity index (χ1n) is 15.4. The Bertz CT molecular complexity index is 1680. The molecule has 0 spiro atoms. The average Bonchev–Trinajstić information content (AvgIpc) is 2.99. The molecule has 4 rings (SSSR count). The summed E-state index contributed by atoms with van der Waals surface area (Å²) in [5.41, 5.74) is 0.0448. The fourth-order valence-electron chi connectivity index (χ4n) is 5.28. The quantitative estimate of drug-likeness (QED) is 0.107. The number of aryl methyl sites for hydroxylation is 1. The van der Waals surface area contributed by atoms with Crippen molar-refractivity contribution in [2.45, 2.75) is 60.2 Å². The van der Waals surface area contributed by atoms with E-state index in [0.29, 0.717) is 18.8 Å². The van der Waals surface area contributed by atoms with Crippen LogP contribution >= 0.6 is 0 Å². The standard InChI is InChI=1S/C36H40F3NO6/c1-7-8-24-9-13-27(14-10-24)44-33-31(41)28-17-18-30(45-35(42)25-11-15-26(43-6)16-12-25)29(32(28)46-34(33)36(37,38)39)21-40(19-22(2)3)20-23(4)5/h9-18,22-23H,7-8,19-21H2,1-6H3. The number of esters is 1. The van der Waals surface area contributed by atoms with Gasteiger partial charge in [0.25, 0.3) is 5.76 Å². The molecule has 0 aliphatic heterocycles. The van der Waals surface area contributed by atoms with Crippen LogP contribution in [0.2, 0.25) is 0 Å². The summed E-state index contributed by atoms with van der Waals surface area (Å²) in [6.07, 6.45) is -3.36. The molecule has 0 atom stereocenters. The topological polar surface area (TPSA) is 78.2 Å². The molecule has 0 aliphatic carbocycles. The van der Waals surface area contributed by atoms with Gasteiger partial charge in [0.05, 0.1) is 23.6 Å². The zero-order valence-electron chi connectivity index (χ0n) is 27.0. The number of hydrogen-bond acceptors (Lipinski definition) is 7. The fraction of sp³-hybridized carbons (Fsp3) is 0.389. The van der Waals surface area contributed by atoms with Crippen molar-refractivity contribution in [3.8, 4) is 23.0 Å². The Hall–Kier alpha value is -4.31. The number of carbonyl (C=O) groups is 1. The van der Waals surface area contributed by atoms with E-state index in [1.165, 1.54) is 43.5 Å². The number of hydrogen-bond donors (Lipinski definition) is 0. The molecule has 3 aromatic carbocycles. The Morgan fingerprint density at radius 2 is 1.50 bits per heavy atom. The molecule has 0 bridgehead atoms. The van der Waals surface area contributed by atoms with E-state index >= 15 is 0 Å². The fourth-order valence-corrected chi connectivity index (χ4v) is 5.28. The second-order valence-corrected chi connectivity index (χ2v) is 12.1. The van der Waals surface area contributed by atoms with E-state index in [-0.39, 0.29) is 52.0 Å². The summed E-state index contributed by atoms with van der Waals surface area (Å²) in [4.78, 5) is 29.0. The first-order chi connectivity index (χ1) is 21.8. The number of methoxy groups -OCH3 is 1. The number of rotatable bonds is 13. The first-order valence-corrected chi connectivity index (χ1v) is 15.4. The van der Waals surface area contributed by atoms with Crippen molar-refractivity contribution >= 4 is 16.9 Å². The van der Waals surface area contributed by atoms with E-state index in [4.69, 9.17) is 18.6 Å². The Balaban J connectivity index is 1.88. The van der Waals surface area contributed by atoms with Gasteiger partial charge >= 0.3 is 12.1 Å². The molecule has 0 fully saturated rings. The molecule has 1 aromatic heterocycles. The lowest BCUT2D eigenvalue weighted by atomic mass is 10.1. The lowest BCUT2D eigenvalue weighted by molar-refractivity contribution is -0.154. The molecule has 46 heavy (non-hydrogen) atoms. The minimum atomic E-state index is -5.06. The highest BCUT2D eigenvalue weighted by Gasteiger charge is 2.41. The molecule has 4 aromatic rings. The van der Waals surface area contributed by atoms with Crippen LogP contribution in [0.1, 0.15) is 68.3 Å². The number of ether oxygens (including phenoxy) is 3. The zero-order chi connectivity index (χ0) is 33.6. The predicted octanol–water partition coefficient (Wildman–Crippen LogP) is 8.90. The van der Waals surface area contributed by atoms with Crippen molar-refractivity contribution in [2.75, 3.05) is 20.2 Å². The summed E-state index contributed by atoms with van der Waals surface area (Å²) in [6.45, 7) is 11.4. The summed E-state index contributed by atoms with van der Waals surface area (Å²) in [5.74, 6) is -2.21. The van der Waals surface area contributed by atoms with Gasteiger partial charge in [-0.1, -0.05) is 53.2 Å². The maximum atomic E-state index is 14.5. The van der Waals surface area contributed by atoms with Crippen LogP contribution in [0.5, 0.6) is 23.0 Å². The van der Waals surface area contributed by atoms with Crippen molar-refractivity contribution in [2.24, 2.45) is 11.8 Å². The second-order valence-electron chi connectivity index (χ2n) is 12.1. The molecule has 0 saturated heterocycles. The highest BCUT2D eigenvalue weighted by molar-refractivity contribution is 5.92. The van der Waals surface area contributed by atoms with Crippen LogP contribution in [0.15, 0.2) is 69.9 Å². The van der Waals surface area contributed by atoms with Crippen LogP contribution < -0.4 is 19.6 Å². The number of alkyl halides is 3. The van der Waals surface area contributed by atoms with Crippen molar-refractivity contribution in [3.63, 3.8) is 0 Å². The summed E-state index contributed by atoms with van der Waals surface area (Å²) >= 11 is 0. The third-order valence-corrected chi connectivity index (χ3v) is 7.17. The minimum Gasteiger partial charge on any atom is -0.497 e. The number of benzene rings is 3. The Kier molecular flexibility index (Phi) is 11.2. The number of nitrogens with zero attached hydrogens (tertiary/aromatic N) is 1. The molecular formula is C36H40F3NO6.